The number of rotatable bonds is 7. The van der Waals surface area contributed by atoms with Crippen molar-refractivity contribution in [1.29, 1.82) is 0 Å². The highest BCUT2D eigenvalue weighted by atomic mass is 35.5. The predicted molar refractivity (Wildman–Crippen MR) is 110 cm³/mol. The maximum Gasteiger partial charge on any atom is 0.253 e. The Hall–Kier alpha value is -3.31. The third-order valence-electron chi connectivity index (χ3n) is 3.91. The molecule has 0 atom stereocenters. The Kier molecular flexibility index (Phi) is 6.65. The first-order valence-electron chi connectivity index (χ1n) is 8.71. The van der Waals surface area contributed by atoms with Gasteiger partial charge in [-0.15, -0.1) is 0 Å². The number of benzene rings is 3. The van der Waals surface area contributed by atoms with Gasteiger partial charge in [0.15, 0.2) is 0 Å². The number of carbonyl (C=O) groups excluding carboxylic acids is 2. The van der Waals surface area contributed by atoms with Crippen molar-refractivity contribution >= 4 is 29.1 Å². The van der Waals surface area contributed by atoms with Crippen LogP contribution in [0, 0.1) is 0 Å². The maximum atomic E-state index is 12.1. The Morgan fingerprint density at radius 2 is 1.54 bits per heavy atom. The smallest absolute Gasteiger partial charge is 0.253 e. The lowest BCUT2D eigenvalue weighted by Gasteiger charge is -2.09. The van der Waals surface area contributed by atoms with E-state index in [2.05, 4.69) is 10.6 Å². The monoisotopic (exact) mass is 394 g/mol. The molecule has 28 heavy (non-hydrogen) atoms. The van der Waals surface area contributed by atoms with Gasteiger partial charge < -0.3 is 15.4 Å². The van der Waals surface area contributed by atoms with Crippen molar-refractivity contribution in [1.82, 2.24) is 5.32 Å². The molecule has 0 radical (unpaired) electrons. The summed E-state index contributed by atoms with van der Waals surface area (Å²) < 4.78 is 5.71. The lowest BCUT2D eigenvalue weighted by Crippen LogP contribution is -2.32. The quantitative estimate of drug-likeness (QED) is 0.628. The molecule has 142 valence electrons. The van der Waals surface area contributed by atoms with Gasteiger partial charge in [0, 0.05) is 5.69 Å². The van der Waals surface area contributed by atoms with Gasteiger partial charge in [-0.25, -0.2) is 0 Å². The van der Waals surface area contributed by atoms with E-state index in [0.29, 0.717) is 28.6 Å². The number of ether oxygens (including phenoxy) is 1. The molecule has 0 spiro atoms. The number of anilines is 1. The largest absolute Gasteiger partial charge is 0.489 e. The van der Waals surface area contributed by atoms with Gasteiger partial charge in [0.05, 0.1) is 17.1 Å². The first kappa shape index (κ1) is 19.5. The van der Waals surface area contributed by atoms with Gasteiger partial charge in [0.25, 0.3) is 5.91 Å². The van der Waals surface area contributed by atoms with Crippen molar-refractivity contribution in [2.45, 2.75) is 6.61 Å². The van der Waals surface area contributed by atoms with Gasteiger partial charge in [-0.2, -0.15) is 0 Å². The molecule has 0 aromatic heterocycles. The number of hydrogen-bond donors (Lipinski definition) is 2. The zero-order valence-electron chi connectivity index (χ0n) is 15.0. The van der Waals surface area contributed by atoms with Crippen molar-refractivity contribution in [3.63, 3.8) is 0 Å². The van der Waals surface area contributed by atoms with E-state index in [9.17, 15) is 9.59 Å². The van der Waals surface area contributed by atoms with Crippen LogP contribution in [0.4, 0.5) is 5.69 Å². The van der Waals surface area contributed by atoms with Crippen LogP contribution in [0.3, 0.4) is 0 Å². The summed E-state index contributed by atoms with van der Waals surface area (Å²) in [6, 6.07) is 23.6. The van der Waals surface area contributed by atoms with E-state index in [1.165, 1.54) is 0 Å². The van der Waals surface area contributed by atoms with Crippen molar-refractivity contribution in [3.05, 3.63) is 95.0 Å². The summed E-state index contributed by atoms with van der Waals surface area (Å²) in [6.07, 6.45) is 0. The van der Waals surface area contributed by atoms with Crippen LogP contribution in [-0.4, -0.2) is 18.4 Å². The molecule has 0 aliphatic rings. The van der Waals surface area contributed by atoms with Crippen molar-refractivity contribution in [2.75, 3.05) is 11.9 Å². The van der Waals surface area contributed by atoms with Crippen LogP contribution >= 0.6 is 11.6 Å². The average Bonchev–Trinajstić information content (AvgIpc) is 2.72. The van der Waals surface area contributed by atoms with Gasteiger partial charge in [-0.3, -0.25) is 9.59 Å². The van der Waals surface area contributed by atoms with Gasteiger partial charge >= 0.3 is 0 Å². The predicted octanol–water partition coefficient (Wildman–Crippen LogP) is 4.29. The number of hydrogen-bond acceptors (Lipinski definition) is 3. The first-order valence-corrected chi connectivity index (χ1v) is 9.09. The normalized spacial score (nSPS) is 10.2. The second-order valence-electron chi connectivity index (χ2n) is 6.01. The van der Waals surface area contributed by atoms with Crippen LogP contribution in [0.1, 0.15) is 15.9 Å². The van der Waals surface area contributed by atoms with Gasteiger partial charge in [-0.05, 0) is 42.0 Å². The zero-order valence-corrected chi connectivity index (χ0v) is 15.8. The number of halogens is 1. The van der Waals surface area contributed by atoms with E-state index in [4.69, 9.17) is 16.3 Å². The van der Waals surface area contributed by atoms with Crippen LogP contribution in [0.25, 0.3) is 0 Å². The Bertz CT molecular complexity index is 944. The molecule has 3 rings (SSSR count). The second kappa shape index (κ2) is 9.58. The summed E-state index contributed by atoms with van der Waals surface area (Å²) in [7, 11) is 0. The lowest BCUT2D eigenvalue weighted by atomic mass is 10.2. The lowest BCUT2D eigenvalue weighted by molar-refractivity contribution is -0.115. The third kappa shape index (κ3) is 5.59. The molecule has 3 aromatic rings. The minimum Gasteiger partial charge on any atom is -0.489 e. The van der Waals surface area contributed by atoms with Crippen LogP contribution in [-0.2, 0) is 11.4 Å². The summed E-state index contributed by atoms with van der Waals surface area (Å²) in [5, 5.41) is 5.61. The van der Waals surface area contributed by atoms with Gasteiger partial charge in [0.2, 0.25) is 5.91 Å². The molecule has 0 unspecified atom stereocenters. The Morgan fingerprint density at radius 3 is 2.25 bits per heavy atom. The SMILES string of the molecule is O=C(CNC(=O)c1ccccc1Cl)Nc1ccc(OCc2ccccc2)cc1. The molecule has 0 aliphatic carbocycles. The molecule has 5 nitrogen and oxygen atoms in total. The van der Waals surface area contributed by atoms with Crippen LogP contribution in [0.5, 0.6) is 5.75 Å². The van der Waals surface area contributed by atoms with E-state index in [1.54, 1.807) is 48.5 Å². The van der Waals surface area contributed by atoms with E-state index >= 15 is 0 Å². The van der Waals surface area contributed by atoms with Gasteiger partial charge in [-0.1, -0.05) is 54.1 Å². The second-order valence-corrected chi connectivity index (χ2v) is 6.42. The summed E-state index contributed by atoms with van der Waals surface area (Å²) >= 11 is 5.97. The van der Waals surface area contributed by atoms with E-state index in [1.807, 2.05) is 30.3 Å². The van der Waals surface area contributed by atoms with E-state index in [-0.39, 0.29) is 12.5 Å². The molecule has 3 aromatic carbocycles. The summed E-state index contributed by atoms with van der Waals surface area (Å²) in [5.41, 5.74) is 2.02. The molecule has 0 heterocycles. The Labute approximate surface area is 168 Å². The zero-order chi connectivity index (χ0) is 19.8. The fraction of sp³-hybridized carbons (Fsp3) is 0.0909. The molecule has 0 fully saturated rings. The van der Waals surface area contributed by atoms with Crippen molar-refractivity contribution in [3.8, 4) is 5.75 Å². The Balaban J connectivity index is 1.46. The molecule has 0 aliphatic heterocycles. The molecular formula is C22H19ClN2O3. The van der Waals surface area contributed by atoms with Crippen LogP contribution < -0.4 is 15.4 Å². The fourth-order valence-electron chi connectivity index (χ4n) is 2.48. The van der Waals surface area contributed by atoms with Crippen molar-refractivity contribution in [2.24, 2.45) is 0 Å². The molecule has 0 saturated heterocycles. The fourth-order valence-corrected chi connectivity index (χ4v) is 2.70. The van der Waals surface area contributed by atoms with Crippen LogP contribution in [0.15, 0.2) is 78.9 Å². The molecule has 2 N–H and O–H groups in total. The van der Waals surface area contributed by atoms with Crippen LogP contribution in [0.2, 0.25) is 5.02 Å². The highest BCUT2D eigenvalue weighted by Crippen LogP contribution is 2.17. The standard InChI is InChI=1S/C22H19ClN2O3/c23-20-9-5-4-8-19(20)22(27)24-14-21(26)25-17-10-12-18(13-11-17)28-15-16-6-2-1-3-7-16/h1-13H,14-15H2,(H,24,27)(H,25,26). The molecule has 0 saturated carbocycles. The summed E-state index contributed by atoms with van der Waals surface area (Å²) in [5.74, 6) is -0.0300. The number of amides is 2. The average molecular weight is 395 g/mol. The highest BCUT2D eigenvalue weighted by Gasteiger charge is 2.11. The maximum absolute atomic E-state index is 12.1. The minimum absolute atomic E-state index is 0.156. The van der Waals surface area contributed by atoms with Crippen molar-refractivity contribution < 1.29 is 14.3 Å². The topological polar surface area (TPSA) is 67.4 Å². The van der Waals surface area contributed by atoms with E-state index in [0.717, 1.165) is 5.56 Å². The minimum atomic E-state index is -0.398. The molecule has 0 bridgehead atoms. The molecular weight excluding hydrogens is 376 g/mol. The molecule has 6 heteroatoms. The number of nitrogens with one attached hydrogen (secondary N) is 2. The first-order chi connectivity index (χ1) is 13.6. The number of carbonyl (C=O) groups is 2. The van der Waals surface area contributed by atoms with E-state index < -0.39 is 5.91 Å². The highest BCUT2D eigenvalue weighted by molar-refractivity contribution is 6.33. The summed E-state index contributed by atoms with van der Waals surface area (Å²) in [6.45, 7) is 0.316. The summed E-state index contributed by atoms with van der Waals surface area (Å²) in [4.78, 5) is 24.1. The Morgan fingerprint density at radius 1 is 0.857 bits per heavy atom. The third-order valence-corrected chi connectivity index (χ3v) is 4.24. The molecule has 2 amide bonds. The van der Waals surface area contributed by atoms with Gasteiger partial charge in [0.1, 0.15) is 12.4 Å².